The van der Waals surface area contributed by atoms with Crippen LogP contribution in [0.5, 0.6) is 0 Å². The van der Waals surface area contributed by atoms with E-state index in [-0.39, 0.29) is 29.1 Å². The van der Waals surface area contributed by atoms with Crippen LogP contribution in [0.2, 0.25) is 18.1 Å². The molecule has 0 amide bonds. The third-order valence-electron chi connectivity index (χ3n) is 7.59. The summed E-state index contributed by atoms with van der Waals surface area (Å²) < 4.78 is 19.6. The highest BCUT2D eigenvalue weighted by molar-refractivity contribution is 6.74. The Morgan fingerprint density at radius 3 is 2.22 bits per heavy atom. The molecule has 1 aromatic rings. The summed E-state index contributed by atoms with van der Waals surface area (Å²) in [5.74, 6) is 0.795. The van der Waals surface area contributed by atoms with Gasteiger partial charge < -0.3 is 13.9 Å². The SMILES string of the molecule is CC(C)OC1=C(OC(C)C)[C@@](O[Si](C)(C)C(C)(C)C)(C2=CCCC[C@@H]2N(C)Cc2ccccc2)C1=O. The van der Waals surface area contributed by atoms with Gasteiger partial charge in [-0.05, 0) is 83.3 Å². The fourth-order valence-corrected chi connectivity index (χ4v) is 6.18. The van der Waals surface area contributed by atoms with Crippen molar-refractivity contribution in [1.82, 2.24) is 4.90 Å². The minimum absolute atomic E-state index is 0.0686. The number of carbonyl (C=O) groups is 1. The maximum atomic E-state index is 14.2. The number of Topliss-reactive ketones (excluding diaryl/α,β-unsaturated/α-hetero) is 1. The van der Waals surface area contributed by atoms with Crippen LogP contribution in [-0.2, 0) is 25.2 Å². The molecule has 0 N–H and O–H groups in total. The van der Waals surface area contributed by atoms with Crippen LogP contribution in [0.4, 0.5) is 0 Å². The van der Waals surface area contributed by atoms with E-state index in [1.165, 1.54) is 5.56 Å². The maximum absolute atomic E-state index is 14.2. The third-order valence-corrected chi connectivity index (χ3v) is 12.0. The van der Waals surface area contributed by atoms with E-state index in [4.69, 9.17) is 13.9 Å². The molecule has 0 spiro atoms. The van der Waals surface area contributed by atoms with E-state index in [1.807, 2.05) is 33.8 Å². The van der Waals surface area contributed by atoms with Crippen LogP contribution >= 0.6 is 0 Å². The van der Waals surface area contributed by atoms with Crippen molar-refractivity contribution in [2.75, 3.05) is 7.05 Å². The first-order valence-electron chi connectivity index (χ1n) is 13.5. The molecule has 2 aliphatic carbocycles. The predicted molar refractivity (Wildman–Crippen MR) is 149 cm³/mol. The van der Waals surface area contributed by atoms with Crippen molar-refractivity contribution in [3.05, 3.63) is 59.1 Å². The summed E-state index contributed by atoms with van der Waals surface area (Å²) in [7, 11) is -0.236. The molecule has 0 unspecified atom stereocenters. The van der Waals surface area contributed by atoms with Gasteiger partial charge in [0.25, 0.3) is 0 Å². The molecule has 5 nitrogen and oxygen atoms in total. The van der Waals surface area contributed by atoms with Gasteiger partial charge in [0.05, 0.1) is 12.2 Å². The highest BCUT2D eigenvalue weighted by Gasteiger charge is 2.65. The van der Waals surface area contributed by atoms with Crippen LogP contribution in [0, 0.1) is 0 Å². The smallest absolute Gasteiger partial charge is 0.244 e. The lowest BCUT2D eigenvalue weighted by atomic mass is 9.71. The van der Waals surface area contributed by atoms with Crippen molar-refractivity contribution >= 4 is 14.1 Å². The Balaban J connectivity index is 2.14. The largest absolute Gasteiger partial charge is 0.487 e. The number of ketones is 1. The minimum atomic E-state index is -2.39. The van der Waals surface area contributed by atoms with Gasteiger partial charge in [0.2, 0.25) is 17.1 Å². The Labute approximate surface area is 220 Å². The highest BCUT2D eigenvalue weighted by atomic mass is 28.4. The van der Waals surface area contributed by atoms with E-state index in [0.717, 1.165) is 31.4 Å². The van der Waals surface area contributed by atoms with Crippen molar-refractivity contribution in [3.63, 3.8) is 0 Å². The zero-order valence-corrected chi connectivity index (χ0v) is 25.1. The summed E-state index contributed by atoms with van der Waals surface area (Å²) >= 11 is 0. The van der Waals surface area contributed by atoms with E-state index >= 15 is 0 Å². The van der Waals surface area contributed by atoms with E-state index < -0.39 is 13.9 Å². The molecule has 0 heterocycles. The third kappa shape index (κ3) is 5.66. The fourth-order valence-electron chi connectivity index (χ4n) is 4.81. The number of benzene rings is 1. The van der Waals surface area contributed by atoms with E-state index in [9.17, 15) is 4.79 Å². The Hall–Kier alpha value is -1.89. The normalized spacial score (nSPS) is 23.3. The molecular formula is C30H47NO4Si. The van der Waals surface area contributed by atoms with Gasteiger partial charge in [-0.25, -0.2) is 0 Å². The molecule has 0 saturated carbocycles. The average Bonchev–Trinajstić information content (AvgIpc) is 2.79. The van der Waals surface area contributed by atoms with E-state index in [1.54, 1.807) is 0 Å². The number of rotatable bonds is 10. The Morgan fingerprint density at radius 2 is 1.67 bits per heavy atom. The van der Waals surface area contributed by atoms with Crippen molar-refractivity contribution in [3.8, 4) is 0 Å². The molecule has 3 rings (SSSR count). The molecule has 0 aromatic heterocycles. The molecule has 6 heteroatoms. The number of nitrogens with zero attached hydrogens (tertiary/aromatic N) is 1. The van der Waals surface area contributed by atoms with Gasteiger partial charge in [-0.3, -0.25) is 9.69 Å². The second-order valence-corrected chi connectivity index (χ2v) is 17.1. The zero-order valence-electron chi connectivity index (χ0n) is 24.1. The Bertz CT molecular complexity index is 990. The van der Waals surface area contributed by atoms with Crippen molar-refractivity contribution in [2.24, 2.45) is 0 Å². The summed E-state index contributed by atoms with van der Waals surface area (Å²) in [6.45, 7) is 19.7. The predicted octanol–water partition coefficient (Wildman–Crippen LogP) is 7.00. The Kier molecular flexibility index (Phi) is 8.64. The first-order chi connectivity index (χ1) is 16.7. The summed E-state index contributed by atoms with van der Waals surface area (Å²) in [5.41, 5.74) is 1.05. The van der Waals surface area contributed by atoms with Gasteiger partial charge >= 0.3 is 0 Å². The number of hydrogen-bond acceptors (Lipinski definition) is 5. The van der Waals surface area contributed by atoms with Crippen LogP contribution in [0.1, 0.15) is 73.3 Å². The zero-order chi connectivity index (χ0) is 26.9. The number of likely N-dealkylation sites (N-methyl/N-ethyl adjacent to an activating group) is 1. The van der Waals surface area contributed by atoms with Gasteiger partial charge in [0.15, 0.2) is 14.1 Å². The van der Waals surface area contributed by atoms with Crippen LogP contribution in [0.15, 0.2) is 53.5 Å². The van der Waals surface area contributed by atoms with Gasteiger partial charge in [0.1, 0.15) is 0 Å². The van der Waals surface area contributed by atoms with Crippen molar-refractivity contribution < 1.29 is 18.7 Å². The van der Waals surface area contributed by atoms with Gasteiger partial charge in [-0.2, -0.15) is 0 Å². The fraction of sp³-hybridized carbons (Fsp3) is 0.633. The van der Waals surface area contributed by atoms with Crippen LogP contribution in [0.3, 0.4) is 0 Å². The van der Waals surface area contributed by atoms with Gasteiger partial charge in [-0.1, -0.05) is 57.2 Å². The lowest BCUT2D eigenvalue weighted by molar-refractivity contribution is -0.144. The highest BCUT2D eigenvalue weighted by Crippen LogP contribution is 2.53. The molecule has 0 fully saturated rings. The lowest BCUT2D eigenvalue weighted by Crippen LogP contribution is -2.65. The van der Waals surface area contributed by atoms with Crippen LogP contribution < -0.4 is 0 Å². The maximum Gasteiger partial charge on any atom is 0.244 e. The van der Waals surface area contributed by atoms with Gasteiger partial charge in [-0.15, -0.1) is 0 Å². The van der Waals surface area contributed by atoms with E-state index in [2.05, 4.69) is 76.2 Å². The standard InChI is InChI=1S/C30H47NO4Si/c1-21(2)33-26-27(32)30(28(26)34-22(3)4,35-36(9,10)29(5,6)7)24-18-14-15-19-25(24)31(8)20-23-16-12-11-13-17-23/h11-13,16-18,21-22,25H,14-15,19-20H2,1-10H3/t25-,30+/m0/s1. The number of ether oxygens (including phenoxy) is 2. The number of carbonyl (C=O) groups excluding carboxylic acids is 1. The lowest BCUT2D eigenvalue weighted by Gasteiger charge is -2.53. The topological polar surface area (TPSA) is 48.0 Å². The van der Waals surface area contributed by atoms with Gasteiger partial charge in [0, 0.05) is 12.6 Å². The molecule has 1 aromatic carbocycles. The summed E-state index contributed by atoms with van der Waals surface area (Å²) in [4.78, 5) is 16.6. The summed E-state index contributed by atoms with van der Waals surface area (Å²) in [6.07, 6.45) is 4.99. The van der Waals surface area contributed by atoms with Crippen LogP contribution in [-0.4, -0.2) is 49.9 Å². The monoisotopic (exact) mass is 513 g/mol. The minimum Gasteiger partial charge on any atom is -0.487 e. The second kappa shape index (κ2) is 10.8. The number of allylic oxidation sites excluding steroid dienone is 1. The molecule has 200 valence electrons. The Morgan fingerprint density at radius 1 is 1.06 bits per heavy atom. The van der Waals surface area contributed by atoms with E-state index in [0.29, 0.717) is 11.5 Å². The molecule has 2 aliphatic rings. The second-order valence-electron chi connectivity index (χ2n) is 12.4. The molecule has 0 aliphatic heterocycles. The molecule has 2 atom stereocenters. The van der Waals surface area contributed by atoms with Crippen molar-refractivity contribution in [1.29, 1.82) is 0 Å². The first-order valence-corrected chi connectivity index (χ1v) is 16.4. The molecule has 0 saturated heterocycles. The first kappa shape index (κ1) is 28.7. The van der Waals surface area contributed by atoms with Crippen molar-refractivity contribution in [2.45, 2.75) is 116 Å². The van der Waals surface area contributed by atoms with Crippen LogP contribution in [0.25, 0.3) is 0 Å². The quantitative estimate of drug-likeness (QED) is 0.249. The summed E-state index contributed by atoms with van der Waals surface area (Å²) in [6, 6.07) is 10.6. The molecule has 36 heavy (non-hydrogen) atoms. The number of hydrogen-bond donors (Lipinski definition) is 0. The molecular weight excluding hydrogens is 466 g/mol. The summed E-state index contributed by atoms with van der Waals surface area (Å²) in [5, 5.41) is -0.0709. The molecule has 0 bridgehead atoms. The average molecular weight is 514 g/mol. The molecule has 0 radical (unpaired) electrons.